The molecule has 29 heavy (non-hydrogen) atoms. The summed E-state index contributed by atoms with van der Waals surface area (Å²) in [5.74, 6) is -1.16. The third-order valence-corrected chi connectivity index (χ3v) is 7.27. The van der Waals surface area contributed by atoms with Gasteiger partial charge in [-0.3, -0.25) is 9.36 Å². The van der Waals surface area contributed by atoms with Crippen LogP contribution in [0, 0.1) is 11.3 Å². The van der Waals surface area contributed by atoms with Gasteiger partial charge in [-0.25, -0.2) is 4.79 Å². The van der Waals surface area contributed by atoms with Crippen LogP contribution < -0.4 is 20.5 Å². The van der Waals surface area contributed by atoms with Crippen LogP contribution >= 0.6 is 34.0 Å². The molecule has 0 amide bonds. The third kappa shape index (κ3) is 3.25. The van der Waals surface area contributed by atoms with E-state index < -0.39 is 11.9 Å². The summed E-state index contributed by atoms with van der Waals surface area (Å²) in [7, 11) is 0. The zero-order valence-corrected chi connectivity index (χ0v) is 17.7. The zero-order chi connectivity index (χ0) is 20.5. The average Bonchev–Trinajstić information content (AvgIpc) is 3.45. The van der Waals surface area contributed by atoms with Gasteiger partial charge >= 0.3 is 5.97 Å². The maximum absolute atomic E-state index is 13.1. The number of hydrogen-bond acceptors (Lipinski definition) is 8. The largest absolute Gasteiger partial charge is 0.463 e. The third-order valence-electron chi connectivity index (χ3n) is 4.41. The number of carbonyl (C=O) groups excluding carboxylic acids is 1. The van der Waals surface area contributed by atoms with Crippen LogP contribution in [0.25, 0.3) is 17.5 Å². The van der Waals surface area contributed by atoms with Crippen LogP contribution in [-0.4, -0.2) is 17.1 Å². The first-order chi connectivity index (χ1) is 14.1. The summed E-state index contributed by atoms with van der Waals surface area (Å²) in [5, 5.41) is 13.6. The van der Waals surface area contributed by atoms with Crippen LogP contribution in [0.4, 0.5) is 0 Å². The number of nitrogens with zero attached hydrogens (tertiary/aromatic N) is 2. The SMILES string of the molecule is CCOC(=O)C1=c2s/c(=C/c3cccs3)c(=O)n2C(N)=C(C#N)C1c1cccs1. The van der Waals surface area contributed by atoms with Gasteiger partial charge in [0, 0.05) is 9.75 Å². The van der Waals surface area contributed by atoms with Gasteiger partial charge in [-0.05, 0) is 35.9 Å². The maximum Gasteiger partial charge on any atom is 0.338 e. The number of thiazole rings is 1. The Labute approximate surface area is 177 Å². The van der Waals surface area contributed by atoms with Gasteiger partial charge in [-0.2, -0.15) is 5.26 Å². The number of aromatic nitrogens is 1. The van der Waals surface area contributed by atoms with E-state index in [0.29, 0.717) is 9.20 Å². The van der Waals surface area contributed by atoms with Crippen LogP contribution in [0.2, 0.25) is 0 Å². The fraction of sp³-hybridized carbons (Fsp3) is 0.150. The number of rotatable bonds is 4. The van der Waals surface area contributed by atoms with E-state index in [4.69, 9.17) is 10.5 Å². The molecule has 3 aromatic heterocycles. The Morgan fingerprint density at radius 3 is 2.72 bits per heavy atom. The highest BCUT2D eigenvalue weighted by Crippen LogP contribution is 2.38. The highest BCUT2D eigenvalue weighted by atomic mass is 32.1. The molecule has 6 nitrogen and oxygen atoms in total. The molecule has 0 saturated heterocycles. The van der Waals surface area contributed by atoms with Crippen molar-refractivity contribution in [2.45, 2.75) is 12.8 Å². The van der Waals surface area contributed by atoms with E-state index in [-0.39, 0.29) is 29.1 Å². The molecule has 4 heterocycles. The number of carbonyl (C=O) groups is 1. The van der Waals surface area contributed by atoms with Crippen LogP contribution in [0.1, 0.15) is 22.6 Å². The molecule has 1 atom stereocenters. The standard InChI is InChI=1S/C20H15N3O3S3/c1-2-26-20(25)16-15(13-6-4-8-28-13)12(10-21)17(22)23-18(24)14(29-19(16)23)9-11-5-3-7-27-11/h3-9,15H,2,22H2,1H3/b14-9+. The van der Waals surface area contributed by atoms with E-state index in [1.165, 1.54) is 38.6 Å². The quantitative estimate of drug-likeness (QED) is 0.625. The van der Waals surface area contributed by atoms with Crippen LogP contribution in [-0.2, 0) is 9.53 Å². The Bertz CT molecular complexity index is 1320. The number of fused-ring (bicyclic) bond motifs is 1. The van der Waals surface area contributed by atoms with Crippen molar-refractivity contribution in [3.63, 3.8) is 0 Å². The number of thiophene rings is 2. The molecule has 1 aliphatic rings. The first-order valence-electron chi connectivity index (χ1n) is 8.68. The molecule has 4 rings (SSSR count). The molecule has 1 unspecified atom stereocenters. The molecule has 0 saturated carbocycles. The van der Waals surface area contributed by atoms with Crippen LogP contribution in [0.15, 0.2) is 45.4 Å². The minimum absolute atomic E-state index is 0.0565. The predicted octanol–water partition coefficient (Wildman–Crippen LogP) is 2.02. The molecule has 3 aromatic rings. The second-order valence-electron chi connectivity index (χ2n) is 6.07. The smallest absolute Gasteiger partial charge is 0.338 e. The summed E-state index contributed by atoms with van der Waals surface area (Å²) in [4.78, 5) is 27.7. The topological polar surface area (TPSA) is 98.1 Å². The van der Waals surface area contributed by atoms with Crippen LogP contribution in [0.5, 0.6) is 0 Å². The van der Waals surface area contributed by atoms with Crippen molar-refractivity contribution < 1.29 is 9.53 Å². The first-order valence-corrected chi connectivity index (χ1v) is 11.3. The Kier molecular flexibility index (Phi) is 5.24. The Morgan fingerprint density at radius 2 is 2.10 bits per heavy atom. The van der Waals surface area contributed by atoms with Gasteiger partial charge in [-0.1, -0.05) is 12.1 Å². The van der Waals surface area contributed by atoms with Gasteiger partial charge in [0.1, 0.15) is 10.5 Å². The molecule has 0 spiro atoms. The normalized spacial score (nSPS) is 16.6. The molecule has 9 heteroatoms. The Hall–Kier alpha value is -2.93. The van der Waals surface area contributed by atoms with Gasteiger partial charge in [-0.15, -0.1) is 34.0 Å². The first kappa shape index (κ1) is 19.4. The van der Waals surface area contributed by atoms with Gasteiger partial charge in [0.2, 0.25) is 0 Å². The number of hydrogen-bond donors (Lipinski definition) is 1. The average molecular weight is 442 g/mol. The number of allylic oxidation sites excluding steroid dienone is 1. The summed E-state index contributed by atoms with van der Waals surface area (Å²) in [6, 6.07) is 9.60. The zero-order valence-electron chi connectivity index (χ0n) is 15.2. The highest BCUT2D eigenvalue weighted by molar-refractivity contribution is 7.11. The maximum atomic E-state index is 13.1. The molecular weight excluding hydrogens is 426 g/mol. The van der Waals surface area contributed by atoms with Crippen molar-refractivity contribution >= 4 is 57.4 Å². The Balaban J connectivity index is 2.11. The Morgan fingerprint density at radius 1 is 1.34 bits per heavy atom. The second kappa shape index (κ2) is 7.83. The lowest BCUT2D eigenvalue weighted by atomic mass is 9.88. The summed E-state index contributed by atoms with van der Waals surface area (Å²) in [5.41, 5.74) is 6.37. The van der Waals surface area contributed by atoms with E-state index in [0.717, 1.165) is 9.75 Å². The fourth-order valence-electron chi connectivity index (χ4n) is 3.20. The van der Waals surface area contributed by atoms with Crippen molar-refractivity contribution in [3.8, 4) is 6.07 Å². The molecule has 2 N–H and O–H groups in total. The van der Waals surface area contributed by atoms with Crippen molar-refractivity contribution in [2.75, 3.05) is 6.61 Å². The minimum atomic E-state index is -0.660. The minimum Gasteiger partial charge on any atom is -0.463 e. The van der Waals surface area contributed by atoms with Crippen molar-refractivity contribution in [2.24, 2.45) is 5.73 Å². The summed E-state index contributed by atoms with van der Waals surface area (Å²) in [6.07, 6.45) is 1.77. The van der Waals surface area contributed by atoms with Crippen molar-refractivity contribution in [3.05, 3.63) is 69.9 Å². The number of esters is 1. The van der Waals surface area contributed by atoms with Gasteiger partial charge < -0.3 is 10.5 Å². The lowest BCUT2D eigenvalue weighted by Gasteiger charge is -2.23. The monoisotopic (exact) mass is 441 g/mol. The highest BCUT2D eigenvalue weighted by Gasteiger charge is 2.36. The predicted molar refractivity (Wildman–Crippen MR) is 116 cm³/mol. The summed E-state index contributed by atoms with van der Waals surface area (Å²) < 4.78 is 7.40. The van der Waals surface area contributed by atoms with E-state index >= 15 is 0 Å². The van der Waals surface area contributed by atoms with E-state index in [1.807, 2.05) is 35.0 Å². The molecule has 0 aromatic carbocycles. The van der Waals surface area contributed by atoms with Gasteiger partial charge in [0.05, 0.1) is 34.3 Å². The summed E-state index contributed by atoms with van der Waals surface area (Å²) in [6.45, 7) is 1.90. The van der Waals surface area contributed by atoms with Crippen LogP contribution in [0.3, 0.4) is 0 Å². The molecule has 146 valence electrons. The summed E-state index contributed by atoms with van der Waals surface area (Å²) >= 11 is 4.11. The molecule has 1 aliphatic heterocycles. The van der Waals surface area contributed by atoms with Gasteiger partial charge in [0.25, 0.3) is 5.56 Å². The molecule has 0 fully saturated rings. The molecule has 0 radical (unpaired) electrons. The molecule has 0 bridgehead atoms. The van der Waals surface area contributed by atoms with Crippen molar-refractivity contribution in [1.82, 2.24) is 4.57 Å². The van der Waals surface area contributed by atoms with Crippen molar-refractivity contribution in [1.29, 1.82) is 5.26 Å². The van der Waals surface area contributed by atoms with E-state index in [2.05, 4.69) is 6.07 Å². The van der Waals surface area contributed by atoms with E-state index in [1.54, 1.807) is 13.0 Å². The lowest BCUT2D eigenvalue weighted by Crippen LogP contribution is -2.40. The number of ether oxygens (including phenoxy) is 1. The lowest BCUT2D eigenvalue weighted by molar-refractivity contribution is -0.136. The number of nitriles is 1. The van der Waals surface area contributed by atoms with E-state index in [9.17, 15) is 14.9 Å². The molecule has 0 aliphatic carbocycles. The number of nitrogens with two attached hydrogens (primary N) is 1. The fourth-order valence-corrected chi connectivity index (χ4v) is 5.93. The second-order valence-corrected chi connectivity index (χ2v) is 9.05. The molecular formula is C20H15N3O3S3. The van der Waals surface area contributed by atoms with Gasteiger partial charge in [0.15, 0.2) is 0 Å².